The van der Waals surface area contributed by atoms with Gasteiger partial charge in [-0.25, -0.2) is 9.50 Å². The summed E-state index contributed by atoms with van der Waals surface area (Å²) in [4.78, 5) is 22.6. The van der Waals surface area contributed by atoms with Gasteiger partial charge in [-0.2, -0.15) is 5.10 Å². The first-order valence-corrected chi connectivity index (χ1v) is 9.64. The van der Waals surface area contributed by atoms with E-state index < -0.39 is 6.04 Å². The van der Waals surface area contributed by atoms with Crippen molar-refractivity contribution in [2.24, 2.45) is 0 Å². The first-order valence-electron chi connectivity index (χ1n) is 9.64. The summed E-state index contributed by atoms with van der Waals surface area (Å²) in [7, 11) is 0. The second-order valence-electron chi connectivity index (χ2n) is 7.56. The van der Waals surface area contributed by atoms with Crippen molar-refractivity contribution in [2.75, 3.05) is 6.54 Å². The van der Waals surface area contributed by atoms with Crippen LogP contribution >= 0.6 is 0 Å². The number of nitrogens with zero attached hydrogens (tertiary/aromatic N) is 6. The number of aromatic amines is 1. The molecule has 1 aliphatic rings. The normalized spacial score (nSPS) is 16.6. The lowest BCUT2D eigenvalue weighted by Crippen LogP contribution is -2.41. The zero-order chi connectivity index (χ0) is 20.1. The number of imidazole rings is 1. The molecular weight excluding hydrogens is 370 g/mol. The first-order chi connectivity index (χ1) is 14.0. The average Bonchev–Trinajstić information content (AvgIpc) is 3.44. The van der Waals surface area contributed by atoms with E-state index in [9.17, 15) is 4.79 Å². The van der Waals surface area contributed by atoms with Crippen LogP contribution in [0.15, 0.2) is 35.1 Å². The number of aryl methyl sites for hydroxylation is 1. The Morgan fingerprint density at radius 3 is 2.97 bits per heavy atom. The maximum absolute atomic E-state index is 13.2. The minimum absolute atomic E-state index is 0.0156. The summed E-state index contributed by atoms with van der Waals surface area (Å²) in [5.74, 6) is 0.384. The molecule has 0 saturated heterocycles. The van der Waals surface area contributed by atoms with Gasteiger partial charge in [0.05, 0.1) is 23.2 Å². The highest BCUT2D eigenvalue weighted by Crippen LogP contribution is 2.35. The van der Waals surface area contributed by atoms with Gasteiger partial charge in [0.15, 0.2) is 0 Å². The molecule has 0 aromatic carbocycles. The summed E-state index contributed by atoms with van der Waals surface area (Å²) in [5, 5.41) is 12.5. The maximum atomic E-state index is 13.2. The summed E-state index contributed by atoms with van der Waals surface area (Å²) in [6.07, 6.45) is 4.26. The van der Waals surface area contributed by atoms with Gasteiger partial charge in [0.1, 0.15) is 6.04 Å². The van der Waals surface area contributed by atoms with Crippen molar-refractivity contribution >= 4 is 11.4 Å². The third-order valence-electron chi connectivity index (χ3n) is 5.35. The Morgan fingerprint density at radius 1 is 1.34 bits per heavy atom. The summed E-state index contributed by atoms with van der Waals surface area (Å²) in [6.45, 7) is 6.48. The zero-order valence-electron chi connectivity index (χ0n) is 16.5. The van der Waals surface area contributed by atoms with Crippen LogP contribution in [0.3, 0.4) is 0 Å². The Balaban J connectivity index is 1.64. The fourth-order valence-electron chi connectivity index (χ4n) is 3.98. The van der Waals surface area contributed by atoms with Crippen molar-refractivity contribution in [2.45, 2.75) is 39.2 Å². The van der Waals surface area contributed by atoms with Crippen LogP contribution < -0.4 is 0 Å². The Kier molecular flexibility index (Phi) is 3.97. The van der Waals surface area contributed by atoms with Gasteiger partial charge in [0, 0.05) is 31.8 Å². The van der Waals surface area contributed by atoms with Crippen molar-refractivity contribution in [1.82, 2.24) is 34.7 Å². The number of nitrogens with one attached hydrogen (secondary N) is 1. The van der Waals surface area contributed by atoms with Crippen molar-refractivity contribution in [1.29, 1.82) is 0 Å². The molecule has 29 heavy (non-hydrogen) atoms. The van der Waals surface area contributed by atoms with Gasteiger partial charge >= 0.3 is 11.8 Å². The highest BCUT2D eigenvalue weighted by Gasteiger charge is 2.38. The van der Waals surface area contributed by atoms with Gasteiger partial charge in [0.2, 0.25) is 5.89 Å². The summed E-state index contributed by atoms with van der Waals surface area (Å²) in [5.41, 5.74) is 4.81. The molecule has 1 aliphatic heterocycles. The van der Waals surface area contributed by atoms with Crippen molar-refractivity contribution in [3.63, 3.8) is 0 Å². The third-order valence-corrected chi connectivity index (χ3v) is 5.35. The molecule has 9 nitrogen and oxygen atoms in total. The van der Waals surface area contributed by atoms with E-state index in [1.165, 1.54) is 5.56 Å². The Labute approximate surface area is 166 Å². The Hall–Kier alpha value is -3.49. The molecule has 5 rings (SSSR count). The Bertz CT molecular complexity index is 1200. The smallest absolute Gasteiger partial charge is 0.312 e. The summed E-state index contributed by atoms with van der Waals surface area (Å²) in [6, 6.07) is 5.72. The monoisotopic (exact) mass is 391 g/mol. The molecule has 0 saturated carbocycles. The molecule has 0 spiro atoms. The van der Waals surface area contributed by atoms with Gasteiger partial charge in [-0.05, 0) is 23.6 Å². The number of pyridine rings is 1. The summed E-state index contributed by atoms with van der Waals surface area (Å²) < 4.78 is 7.26. The first kappa shape index (κ1) is 17.6. The molecule has 1 amide bonds. The number of rotatable bonds is 3. The molecule has 4 aromatic heterocycles. The van der Waals surface area contributed by atoms with E-state index >= 15 is 0 Å². The number of carbonyl (C=O) groups is 1. The molecule has 4 aromatic rings. The standard InChI is InChI=1S/C20H21N7O2/c1-11(2)13-5-4-7-27-16(13)9-15(25-27)18-17-14(21-10-22-17)6-8-26(18)20(28)19-24-23-12(3)29-19/h4-5,7,9-11,18H,6,8H2,1-3H3,(H,21,22)/t18-/m1/s1. The molecule has 148 valence electrons. The lowest BCUT2D eigenvalue weighted by Gasteiger charge is -2.32. The minimum atomic E-state index is -0.426. The van der Waals surface area contributed by atoms with E-state index in [4.69, 9.17) is 9.52 Å². The highest BCUT2D eigenvalue weighted by molar-refractivity contribution is 5.90. The molecule has 1 atom stereocenters. The van der Waals surface area contributed by atoms with Crippen LogP contribution in [0.5, 0.6) is 0 Å². The number of aromatic nitrogens is 6. The van der Waals surface area contributed by atoms with Crippen molar-refractivity contribution in [3.8, 4) is 0 Å². The molecule has 9 heteroatoms. The minimum Gasteiger partial charge on any atom is -0.417 e. The molecule has 0 radical (unpaired) electrons. The average molecular weight is 391 g/mol. The lowest BCUT2D eigenvalue weighted by atomic mass is 9.98. The second kappa shape index (κ2) is 6.54. The van der Waals surface area contributed by atoms with Gasteiger partial charge in [0.25, 0.3) is 0 Å². The number of fused-ring (bicyclic) bond motifs is 2. The van der Waals surface area contributed by atoms with Crippen LogP contribution in [0.1, 0.15) is 65.0 Å². The largest absolute Gasteiger partial charge is 0.417 e. The molecule has 0 fully saturated rings. The predicted molar refractivity (Wildman–Crippen MR) is 103 cm³/mol. The van der Waals surface area contributed by atoms with Crippen LogP contribution in [0, 0.1) is 6.92 Å². The van der Waals surface area contributed by atoms with E-state index in [1.54, 1.807) is 18.2 Å². The van der Waals surface area contributed by atoms with Crippen molar-refractivity contribution in [3.05, 3.63) is 65.1 Å². The fourth-order valence-corrected chi connectivity index (χ4v) is 3.98. The molecular formula is C20H21N7O2. The van der Waals surface area contributed by atoms with Gasteiger partial charge in [-0.15, -0.1) is 10.2 Å². The predicted octanol–water partition coefficient (Wildman–Crippen LogP) is 2.66. The van der Waals surface area contributed by atoms with Crippen LogP contribution in [-0.2, 0) is 6.42 Å². The molecule has 0 bridgehead atoms. The molecule has 0 unspecified atom stereocenters. The highest BCUT2D eigenvalue weighted by atomic mass is 16.4. The maximum Gasteiger partial charge on any atom is 0.312 e. The SMILES string of the molecule is Cc1nnc(C(=O)N2CCc3[nH]cnc3[C@H]2c2cc3c(C(C)C)cccn3n2)o1. The molecule has 5 heterocycles. The topological polar surface area (TPSA) is 105 Å². The number of amides is 1. The summed E-state index contributed by atoms with van der Waals surface area (Å²) >= 11 is 0. The van der Waals surface area contributed by atoms with Crippen LogP contribution in [0.25, 0.3) is 5.52 Å². The number of H-pyrrole nitrogens is 1. The Morgan fingerprint density at radius 2 is 2.21 bits per heavy atom. The number of carbonyl (C=O) groups excluding carboxylic acids is 1. The van der Waals surface area contributed by atoms with Crippen LogP contribution in [-0.4, -0.2) is 47.1 Å². The second-order valence-corrected chi connectivity index (χ2v) is 7.56. The lowest BCUT2D eigenvalue weighted by molar-refractivity contribution is 0.0644. The van der Waals surface area contributed by atoms with E-state index in [1.807, 2.05) is 22.8 Å². The van der Waals surface area contributed by atoms with Gasteiger partial charge < -0.3 is 14.3 Å². The van der Waals surface area contributed by atoms with Gasteiger partial charge in [-0.3, -0.25) is 4.79 Å². The van der Waals surface area contributed by atoms with Crippen LogP contribution in [0.2, 0.25) is 0 Å². The third kappa shape index (κ3) is 2.81. The molecule has 1 N–H and O–H groups in total. The molecule has 0 aliphatic carbocycles. The van der Waals surface area contributed by atoms with Gasteiger partial charge in [-0.1, -0.05) is 19.9 Å². The van der Waals surface area contributed by atoms with E-state index in [0.717, 1.165) is 22.6 Å². The van der Waals surface area contributed by atoms with Crippen molar-refractivity contribution < 1.29 is 9.21 Å². The van der Waals surface area contributed by atoms with E-state index in [2.05, 4.69) is 40.1 Å². The van der Waals surface area contributed by atoms with E-state index in [-0.39, 0.29) is 11.8 Å². The van der Waals surface area contributed by atoms with E-state index in [0.29, 0.717) is 24.8 Å². The van der Waals surface area contributed by atoms with Crippen LogP contribution in [0.4, 0.5) is 0 Å². The fraction of sp³-hybridized carbons (Fsp3) is 0.350. The number of hydrogen-bond donors (Lipinski definition) is 1. The quantitative estimate of drug-likeness (QED) is 0.576. The zero-order valence-corrected chi connectivity index (χ0v) is 16.5. The number of hydrogen-bond acceptors (Lipinski definition) is 6.